The Morgan fingerprint density at radius 2 is 1.77 bits per heavy atom. The predicted octanol–water partition coefficient (Wildman–Crippen LogP) is 4.76. The van der Waals surface area contributed by atoms with Crippen LogP contribution in [0.5, 0.6) is 11.5 Å². The van der Waals surface area contributed by atoms with E-state index in [1.807, 2.05) is 6.92 Å². The van der Waals surface area contributed by atoms with Gasteiger partial charge in [-0.25, -0.2) is 9.78 Å². The largest absolute Gasteiger partial charge is 0.495 e. The molecule has 3 amide bonds. The van der Waals surface area contributed by atoms with Crippen LogP contribution in [0.25, 0.3) is 0 Å². The van der Waals surface area contributed by atoms with E-state index in [0.29, 0.717) is 39.4 Å². The summed E-state index contributed by atoms with van der Waals surface area (Å²) in [5.74, 6) is 0.975. The molecule has 0 atom stereocenters. The van der Waals surface area contributed by atoms with Gasteiger partial charge < -0.3 is 20.1 Å². The zero-order valence-corrected chi connectivity index (χ0v) is 17.6. The smallest absolute Gasteiger partial charge is 0.325 e. The van der Waals surface area contributed by atoms with E-state index >= 15 is 0 Å². The number of carbonyl (C=O) groups excluding carboxylic acids is 2. The second-order valence-electron chi connectivity index (χ2n) is 6.12. The molecule has 0 aliphatic heterocycles. The van der Waals surface area contributed by atoms with Crippen molar-refractivity contribution >= 4 is 39.8 Å². The lowest BCUT2D eigenvalue weighted by atomic mass is 10.3. The summed E-state index contributed by atoms with van der Waals surface area (Å²) >= 11 is 1.10. The van der Waals surface area contributed by atoms with Gasteiger partial charge >= 0.3 is 6.03 Å². The van der Waals surface area contributed by atoms with Crippen LogP contribution in [0.1, 0.15) is 22.3 Å². The minimum Gasteiger partial charge on any atom is -0.495 e. The van der Waals surface area contributed by atoms with Crippen LogP contribution < -0.4 is 25.4 Å². The number of aryl methyl sites for hydroxylation is 1. The summed E-state index contributed by atoms with van der Waals surface area (Å²) in [5, 5.41) is 8.49. The third kappa shape index (κ3) is 5.26. The van der Waals surface area contributed by atoms with Gasteiger partial charge in [0.05, 0.1) is 25.1 Å². The molecule has 30 heavy (non-hydrogen) atoms. The first kappa shape index (κ1) is 21.1. The van der Waals surface area contributed by atoms with Crippen LogP contribution in [0.15, 0.2) is 48.5 Å². The van der Waals surface area contributed by atoms with Crippen LogP contribution in [-0.4, -0.2) is 30.6 Å². The molecule has 2 aromatic carbocycles. The van der Waals surface area contributed by atoms with Crippen LogP contribution in [0.3, 0.4) is 0 Å². The number of para-hydroxylation sites is 2. The van der Waals surface area contributed by atoms with Crippen molar-refractivity contribution in [2.45, 2.75) is 13.8 Å². The van der Waals surface area contributed by atoms with Crippen molar-refractivity contribution in [3.8, 4) is 11.5 Å². The van der Waals surface area contributed by atoms with Crippen molar-refractivity contribution in [1.29, 1.82) is 0 Å². The highest BCUT2D eigenvalue weighted by Crippen LogP contribution is 2.26. The highest BCUT2D eigenvalue weighted by molar-refractivity contribution is 7.17. The van der Waals surface area contributed by atoms with E-state index in [9.17, 15) is 9.59 Å². The van der Waals surface area contributed by atoms with Crippen molar-refractivity contribution in [1.82, 2.24) is 4.98 Å². The van der Waals surface area contributed by atoms with Gasteiger partial charge in [-0.1, -0.05) is 23.5 Å². The minimum atomic E-state index is -0.480. The Morgan fingerprint density at radius 3 is 2.47 bits per heavy atom. The molecule has 0 fully saturated rings. The molecule has 1 heterocycles. The van der Waals surface area contributed by atoms with Crippen molar-refractivity contribution in [3.05, 3.63) is 59.1 Å². The topological polar surface area (TPSA) is 102 Å². The number of ether oxygens (including phenoxy) is 2. The Balaban J connectivity index is 1.64. The molecule has 9 heteroatoms. The number of amides is 3. The van der Waals surface area contributed by atoms with Gasteiger partial charge in [-0.05, 0) is 50.2 Å². The Bertz CT molecular complexity index is 1030. The molecular formula is C21H22N4O4S. The summed E-state index contributed by atoms with van der Waals surface area (Å²) in [5.41, 5.74) is 1.69. The fraction of sp³-hybridized carbons (Fsp3) is 0.190. The molecule has 3 aromatic rings. The summed E-state index contributed by atoms with van der Waals surface area (Å²) in [6.07, 6.45) is 0. The molecule has 8 nitrogen and oxygen atoms in total. The predicted molar refractivity (Wildman–Crippen MR) is 118 cm³/mol. The number of rotatable bonds is 7. The number of hydrogen-bond acceptors (Lipinski definition) is 6. The molecular weight excluding hydrogens is 404 g/mol. The van der Waals surface area contributed by atoms with E-state index < -0.39 is 6.03 Å². The maximum absolute atomic E-state index is 12.6. The first-order valence-corrected chi connectivity index (χ1v) is 10.0. The minimum absolute atomic E-state index is 0.299. The van der Waals surface area contributed by atoms with E-state index in [4.69, 9.17) is 9.47 Å². The SMILES string of the molecule is CCOc1ccc(NC(=O)c2sc(NC(=O)Nc3ccccc3OC)nc2C)cc1. The number of thiazole rings is 1. The van der Waals surface area contributed by atoms with Crippen LogP contribution in [0.4, 0.5) is 21.3 Å². The molecule has 0 unspecified atom stereocenters. The van der Waals surface area contributed by atoms with Gasteiger partial charge in [0.2, 0.25) is 0 Å². The van der Waals surface area contributed by atoms with Gasteiger partial charge in [0, 0.05) is 5.69 Å². The molecule has 3 rings (SSSR count). The van der Waals surface area contributed by atoms with E-state index in [1.165, 1.54) is 7.11 Å². The number of carbonyl (C=O) groups is 2. The first-order valence-electron chi connectivity index (χ1n) is 9.22. The van der Waals surface area contributed by atoms with E-state index in [2.05, 4.69) is 20.9 Å². The lowest BCUT2D eigenvalue weighted by Gasteiger charge is -2.09. The summed E-state index contributed by atoms with van der Waals surface area (Å²) in [7, 11) is 1.53. The van der Waals surface area contributed by atoms with Crippen LogP contribution >= 0.6 is 11.3 Å². The highest BCUT2D eigenvalue weighted by Gasteiger charge is 2.17. The molecule has 0 bridgehead atoms. The maximum atomic E-state index is 12.6. The molecule has 0 aliphatic carbocycles. The van der Waals surface area contributed by atoms with Crippen LogP contribution in [0.2, 0.25) is 0 Å². The zero-order chi connectivity index (χ0) is 21.5. The van der Waals surface area contributed by atoms with Gasteiger partial charge in [0.1, 0.15) is 16.4 Å². The lowest BCUT2D eigenvalue weighted by molar-refractivity contribution is 0.102. The second-order valence-corrected chi connectivity index (χ2v) is 7.12. The first-order chi connectivity index (χ1) is 14.5. The number of urea groups is 1. The van der Waals surface area contributed by atoms with Crippen LogP contribution in [-0.2, 0) is 0 Å². The number of nitrogens with zero attached hydrogens (tertiary/aromatic N) is 1. The van der Waals surface area contributed by atoms with E-state index in [1.54, 1.807) is 55.5 Å². The average Bonchev–Trinajstić information content (AvgIpc) is 3.10. The van der Waals surface area contributed by atoms with E-state index in [-0.39, 0.29) is 5.91 Å². The molecule has 1 aromatic heterocycles. The van der Waals surface area contributed by atoms with Gasteiger partial charge in [-0.3, -0.25) is 10.1 Å². The van der Waals surface area contributed by atoms with Gasteiger partial charge in [0.15, 0.2) is 5.13 Å². The lowest BCUT2D eigenvalue weighted by Crippen LogP contribution is -2.19. The fourth-order valence-corrected chi connectivity index (χ4v) is 3.50. The number of methoxy groups -OCH3 is 1. The fourth-order valence-electron chi connectivity index (χ4n) is 2.65. The molecule has 156 valence electrons. The third-order valence-electron chi connectivity index (χ3n) is 4.00. The molecule has 0 radical (unpaired) electrons. The Labute approximate surface area is 178 Å². The molecule has 0 spiro atoms. The van der Waals surface area contributed by atoms with Gasteiger partial charge in [-0.2, -0.15) is 0 Å². The van der Waals surface area contributed by atoms with Crippen molar-refractivity contribution in [2.24, 2.45) is 0 Å². The number of anilines is 3. The molecule has 0 saturated carbocycles. The summed E-state index contributed by atoms with van der Waals surface area (Å²) < 4.78 is 10.6. The Kier molecular flexibility index (Phi) is 6.87. The molecule has 0 saturated heterocycles. The van der Waals surface area contributed by atoms with E-state index in [0.717, 1.165) is 17.1 Å². The Morgan fingerprint density at radius 1 is 1.03 bits per heavy atom. The zero-order valence-electron chi connectivity index (χ0n) is 16.8. The number of hydrogen-bond donors (Lipinski definition) is 3. The molecule has 0 aliphatic rings. The van der Waals surface area contributed by atoms with Gasteiger partial charge in [-0.15, -0.1) is 0 Å². The number of benzene rings is 2. The standard InChI is InChI=1S/C21H22N4O4S/c1-4-29-15-11-9-14(10-12-15)23-19(26)18-13(2)22-21(30-18)25-20(27)24-16-7-5-6-8-17(16)28-3/h5-12H,4H2,1-3H3,(H,23,26)(H2,22,24,25,27). The highest BCUT2D eigenvalue weighted by atomic mass is 32.1. The van der Waals surface area contributed by atoms with Crippen LogP contribution in [0, 0.1) is 6.92 Å². The van der Waals surface area contributed by atoms with Gasteiger partial charge in [0.25, 0.3) is 5.91 Å². The summed E-state index contributed by atoms with van der Waals surface area (Å²) in [4.78, 5) is 29.6. The molecule has 3 N–H and O–H groups in total. The normalized spacial score (nSPS) is 10.2. The maximum Gasteiger partial charge on any atom is 0.325 e. The van der Waals surface area contributed by atoms with Crippen molar-refractivity contribution < 1.29 is 19.1 Å². The number of nitrogens with one attached hydrogen (secondary N) is 3. The second kappa shape index (κ2) is 9.75. The number of aromatic nitrogens is 1. The van der Waals surface area contributed by atoms with Crippen molar-refractivity contribution in [3.63, 3.8) is 0 Å². The average molecular weight is 426 g/mol. The third-order valence-corrected chi connectivity index (χ3v) is 5.07. The quantitative estimate of drug-likeness (QED) is 0.506. The van der Waals surface area contributed by atoms with Crippen molar-refractivity contribution in [2.75, 3.05) is 29.7 Å². The summed E-state index contributed by atoms with van der Waals surface area (Å²) in [6.45, 7) is 4.20. The monoisotopic (exact) mass is 426 g/mol. The summed E-state index contributed by atoms with van der Waals surface area (Å²) in [6, 6.07) is 13.7. The Hall–Kier alpha value is -3.59.